The Morgan fingerprint density at radius 1 is 1.29 bits per heavy atom. The minimum Gasteiger partial charge on any atom is -0.454 e. The second-order valence-electron chi connectivity index (χ2n) is 3.45. The van der Waals surface area contributed by atoms with Crippen LogP contribution in [0.15, 0.2) is 36.4 Å². The zero-order valence-corrected chi connectivity index (χ0v) is 9.47. The van der Waals surface area contributed by atoms with Gasteiger partial charge >= 0.3 is 0 Å². The molecule has 0 radical (unpaired) electrons. The third kappa shape index (κ3) is 2.87. The van der Waals surface area contributed by atoms with Crippen molar-refractivity contribution >= 4 is 12.0 Å². The van der Waals surface area contributed by atoms with Crippen LogP contribution in [0.5, 0.6) is 11.5 Å². The van der Waals surface area contributed by atoms with Gasteiger partial charge in [0.2, 0.25) is 12.7 Å². The second-order valence-corrected chi connectivity index (χ2v) is 3.45. The molecule has 0 saturated carbocycles. The summed E-state index contributed by atoms with van der Waals surface area (Å²) in [5.74, 6) is 1.39. The summed E-state index contributed by atoms with van der Waals surface area (Å²) in [6, 6.07) is 5.69. The zero-order chi connectivity index (χ0) is 12.1. The van der Waals surface area contributed by atoms with Gasteiger partial charge in [-0.1, -0.05) is 24.3 Å². The lowest BCUT2D eigenvalue weighted by molar-refractivity contribution is -0.116. The molecule has 0 saturated heterocycles. The Morgan fingerprint density at radius 3 is 2.94 bits per heavy atom. The molecule has 0 aromatic heterocycles. The predicted octanol–water partition coefficient (Wildman–Crippen LogP) is 1.73. The van der Waals surface area contributed by atoms with Crippen LogP contribution in [0.25, 0.3) is 6.08 Å². The number of amides is 1. The number of allylic oxidation sites excluding steroid dienone is 2. The zero-order valence-electron chi connectivity index (χ0n) is 9.47. The molecule has 0 unspecified atom stereocenters. The van der Waals surface area contributed by atoms with Crippen molar-refractivity contribution in [1.82, 2.24) is 5.32 Å². The predicted molar refractivity (Wildman–Crippen MR) is 64.8 cm³/mol. The van der Waals surface area contributed by atoms with Gasteiger partial charge in [0, 0.05) is 13.1 Å². The molecule has 4 nitrogen and oxygen atoms in total. The van der Waals surface area contributed by atoms with Crippen LogP contribution in [0, 0.1) is 0 Å². The number of rotatable bonds is 3. The highest BCUT2D eigenvalue weighted by atomic mass is 16.7. The summed E-state index contributed by atoms with van der Waals surface area (Å²) >= 11 is 0. The van der Waals surface area contributed by atoms with E-state index in [-0.39, 0.29) is 12.7 Å². The van der Waals surface area contributed by atoms with Crippen molar-refractivity contribution in [3.05, 3.63) is 42.0 Å². The number of carbonyl (C=O) groups is 1. The van der Waals surface area contributed by atoms with Crippen molar-refractivity contribution in [3.8, 4) is 11.5 Å². The summed E-state index contributed by atoms with van der Waals surface area (Å²) in [6.45, 7) is 0.277. The van der Waals surface area contributed by atoms with Gasteiger partial charge in [0.15, 0.2) is 11.5 Å². The van der Waals surface area contributed by atoms with E-state index in [1.165, 1.54) is 6.08 Å². The maximum atomic E-state index is 10.9. The number of ether oxygens (including phenoxy) is 2. The monoisotopic (exact) mass is 231 g/mol. The summed E-state index contributed by atoms with van der Waals surface area (Å²) in [6.07, 6.45) is 6.83. The molecule has 0 atom stereocenters. The molecule has 1 aliphatic heterocycles. The smallest absolute Gasteiger partial charge is 0.243 e. The van der Waals surface area contributed by atoms with E-state index in [1.54, 1.807) is 19.2 Å². The van der Waals surface area contributed by atoms with Crippen LogP contribution < -0.4 is 14.8 Å². The van der Waals surface area contributed by atoms with Gasteiger partial charge in [0.1, 0.15) is 0 Å². The first-order chi connectivity index (χ1) is 8.29. The largest absolute Gasteiger partial charge is 0.454 e. The van der Waals surface area contributed by atoms with Crippen molar-refractivity contribution in [2.75, 3.05) is 13.8 Å². The highest BCUT2D eigenvalue weighted by molar-refractivity contribution is 5.87. The maximum absolute atomic E-state index is 10.9. The average Bonchev–Trinajstić information content (AvgIpc) is 2.81. The molecule has 0 spiro atoms. The van der Waals surface area contributed by atoms with E-state index in [0.717, 1.165) is 17.1 Å². The Labute approximate surface area is 99.5 Å². The number of benzene rings is 1. The van der Waals surface area contributed by atoms with Crippen LogP contribution in [-0.4, -0.2) is 19.7 Å². The van der Waals surface area contributed by atoms with Crippen LogP contribution in [-0.2, 0) is 4.79 Å². The molecule has 17 heavy (non-hydrogen) atoms. The Bertz CT molecular complexity index is 478. The third-order valence-electron chi connectivity index (χ3n) is 2.29. The molecule has 0 aliphatic carbocycles. The molecule has 1 aromatic rings. The Kier molecular flexibility index (Phi) is 3.45. The molecule has 4 heteroatoms. The minimum atomic E-state index is -0.125. The first-order valence-electron chi connectivity index (χ1n) is 5.26. The molecule has 1 aliphatic rings. The van der Waals surface area contributed by atoms with Gasteiger partial charge in [-0.05, 0) is 17.7 Å². The van der Waals surface area contributed by atoms with Crippen molar-refractivity contribution in [2.45, 2.75) is 0 Å². The van der Waals surface area contributed by atoms with Crippen molar-refractivity contribution in [3.63, 3.8) is 0 Å². The van der Waals surface area contributed by atoms with Crippen LogP contribution in [0.4, 0.5) is 0 Å². The SMILES string of the molecule is CNC(=O)/C=C/C=Cc1ccc2c(c1)OCO2. The second kappa shape index (κ2) is 5.21. The van der Waals surface area contributed by atoms with E-state index in [4.69, 9.17) is 9.47 Å². The van der Waals surface area contributed by atoms with Crippen molar-refractivity contribution in [2.24, 2.45) is 0 Å². The number of fused-ring (bicyclic) bond motifs is 1. The molecule has 1 aromatic carbocycles. The number of likely N-dealkylation sites (N-methyl/N-ethyl adjacent to an activating group) is 1. The molecule has 1 N–H and O–H groups in total. The van der Waals surface area contributed by atoms with Gasteiger partial charge in [-0.25, -0.2) is 0 Å². The highest BCUT2D eigenvalue weighted by Crippen LogP contribution is 2.32. The number of hydrogen-bond donors (Lipinski definition) is 1. The lowest BCUT2D eigenvalue weighted by atomic mass is 10.2. The fraction of sp³-hybridized carbons (Fsp3) is 0.154. The molecule has 1 amide bonds. The van der Waals surface area contributed by atoms with E-state index in [9.17, 15) is 4.79 Å². The van der Waals surface area contributed by atoms with Gasteiger partial charge in [-0.3, -0.25) is 4.79 Å². The highest BCUT2D eigenvalue weighted by Gasteiger charge is 2.11. The van der Waals surface area contributed by atoms with E-state index >= 15 is 0 Å². The fourth-order valence-corrected chi connectivity index (χ4v) is 1.41. The molecule has 88 valence electrons. The first-order valence-corrected chi connectivity index (χ1v) is 5.26. The number of hydrogen-bond acceptors (Lipinski definition) is 3. The lowest BCUT2D eigenvalue weighted by Gasteiger charge is -1.96. The molecular formula is C13H13NO3. The van der Waals surface area contributed by atoms with Gasteiger partial charge in [-0.2, -0.15) is 0 Å². The first kappa shape index (κ1) is 11.3. The normalized spacial score (nSPS) is 13.5. The third-order valence-corrected chi connectivity index (χ3v) is 2.29. The van der Waals surface area contributed by atoms with Crippen molar-refractivity contribution < 1.29 is 14.3 Å². The summed E-state index contributed by atoms with van der Waals surface area (Å²) in [7, 11) is 1.59. The van der Waals surface area contributed by atoms with E-state index in [1.807, 2.05) is 24.3 Å². The Hall–Kier alpha value is -2.23. The quantitative estimate of drug-likeness (QED) is 0.636. The lowest BCUT2D eigenvalue weighted by Crippen LogP contribution is -2.13. The van der Waals surface area contributed by atoms with Crippen molar-refractivity contribution in [1.29, 1.82) is 0 Å². The molecule has 0 bridgehead atoms. The van der Waals surface area contributed by atoms with Crippen LogP contribution >= 0.6 is 0 Å². The summed E-state index contributed by atoms with van der Waals surface area (Å²) in [5.41, 5.74) is 0.996. The van der Waals surface area contributed by atoms with Gasteiger partial charge in [0.25, 0.3) is 0 Å². The van der Waals surface area contributed by atoms with Gasteiger partial charge in [-0.15, -0.1) is 0 Å². The average molecular weight is 231 g/mol. The Morgan fingerprint density at radius 2 is 2.12 bits per heavy atom. The van der Waals surface area contributed by atoms with Crippen LogP contribution in [0.3, 0.4) is 0 Å². The Balaban J connectivity index is 2.02. The molecular weight excluding hydrogens is 218 g/mol. The number of nitrogens with one attached hydrogen (secondary N) is 1. The van der Waals surface area contributed by atoms with Gasteiger partial charge in [0.05, 0.1) is 0 Å². The summed E-state index contributed by atoms with van der Waals surface area (Å²) in [4.78, 5) is 10.9. The van der Waals surface area contributed by atoms with Crippen LogP contribution in [0.2, 0.25) is 0 Å². The molecule has 0 fully saturated rings. The van der Waals surface area contributed by atoms with E-state index in [2.05, 4.69) is 5.32 Å². The van der Waals surface area contributed by atoms with E-state index in [0.29, 0.717) is 0 Å². The summed E-state index contributed by atoms with van der Waals surface area (Å²) < 4.78 is 10.5. The fourth-order valence-electron chi connectivity index (χ4n) is 1.41. The maximum Gasteiger partial charge on any atom is 0.243 e. The van der Waals surface area contributed by atoms with E-state index < -0.39 is 0 Å². The van der Waals surface area contributed by atoms with Gasteiger partial charge < -0.3 is 14.8 Å². The molecule has 1 heterocycles. The summed E-state index contributed by atoms with van der Waals surface area (Å²) in [5, 5.41) is 2.50. The van der Waals surface area contributed by atoms with Crippen LogP contribution in [0.1, 0.15) is 5.56 Å². The topological polar surface area (TPSA) is 47.6 Å². The minimum absolute atomic E-state index is 0.125. The number of carbonyl (C=O) groups excluding carboxylic acids is 1. The standard InChI is InChI=1S/C13H13NO3/c1-14-13(15)5-3-2-4-10-6-7-11-12(8-10)17-9-16-11/h2-8H,9H2,1H3,(H,14,15)/b4-2?,5-3+. The molecule has 2 rings (SSSR count).